The fraction of sp³-hybridized carbons (Fsp3) is 0.208. The molecule has 4 rings (SSSR count). The molecule has 0 fully saturated rings. The smallest absolute Gasteiger partial charge is 0.284 e. The Balaban J connectivity index is 2.13. The van der Waals surface area contributed by atoms with Crippen LogP contribution in [0.15, 0.2) is 52.4 Å². The number of carbonyl (C=O) groups is 1. The third kappa shape index (κ3) is 3.80. The molecule has 9 heteroatoms. The molecule has 3 heterocycles. The monoisotopic (exact) mass is 447 g/mol. The quantitative estimate of drug-likeness (QED) is 0.447. The summed E-state index contributed by atoms with van der Waals surface area (Å²) < 4.78 is 31.2. The van der Waals surface area contributed by atoms with Crippen LogP contribution in [0.5, 0.6) is 0 Å². The van der Waals surface area contributed by atoms with Gasteiger partial charge in [-0.3, -0.25) is 14.0 Å². The Labute approximate surface area is 186 Å². The van der Waals surface area contributed by atoms with Gasteiger partial charge in [0.1, 0.15) is 34.6 Å². The number of hydrogen-bond donors (Lipinski definition) is 0. The topological polar surface area (TPSA) is 92.5 Å². The van der Waals surface area contributed by atoms with Crippen LogP contribution >= 0.6 is 0 Å². The van der Waals surface area contributed by atoms with Crippen molar-refractivity contribution in [2.24, 2.45) is 4.99 Å². The van der Waals surface area contributed by atoms with Crippen LogP contribution in [0.3, 0.4) is 0 Å². The van der Waals surface area contributed by atoms with Crippen LogP contribution in [-0.2, 0) is 6.54 Å². The molecule has 0 bridgehead atoms. The molecule has 4 aromatic rings. The molecule has 33 heavy (non-hydrogen) atoms. The first-order chi connectivity index (χ1) is 15.9. The largest absolute Gasteiger partial charge is 0.309 e. The number of nitriles is 1. The molecule has 1 aromatic carbocycles. The number of amides is 1. The normalized spacial score (nSPS) is 11.8. The highest BCUT2D eigenvalue weighted by Gasteiger charge is 2.19. The van der Waals surface area contributed by atoms with E-state index in [1.807, 2.05) is 26.0 Å². The predicted molar refractivity (Wildman–Crippen MR) is 118 cm³/mol. The summed E-state index contributed by atoms with van der Waals surface area (Å²) in [4.78, 5) is 34.5. The van der Waals surface area contributed by atoms with Gasteiger partial charge < -0.3 is 4.57 Å². The number of unbranched alkanes of at least 4 members (excludes halogenated alkanes) is 1. The van der Waals surface area contributed by atoms with Gasteiger partial charge in [-0.1, -0.05) is 25.5 Å². The van der Waals surface area contributed by atoms with Crippen molar-refractivity contribution in [2.45, 2.75) is 33.2 Å². The lowest BCUT2D eigenvalue weighted by molar-refractivity contribution is 0.0989. The van der Waals surface area contributed by atoms with Gasteiger partial charge in [0, 0.05) is 12.7 Å². The summed E-state index contributed by atoms with van der Waals surface area (Å²) in [5, 5.41) is 9.93. The van der Waals surface area contributed by atoms with Crippen molar-refractivity contribution in [3.63, 3.8) is 0 Å². The molecule has 0 aliphatic rings. The van der Waals surface area contributed by atoms with Gasteiger partial charge >= 0.3 is 0 Å². The highest BCUT2D eigenvalue weighted by molar-refractivity contribution is 5.95. The highest BCUT2D eigenvalue weighted by Crippen LogP contribution is 2.15. The van der Waals surface area contributed by atoms with Crippen molar-refractivity contribution < 1.29 is 13.6 Å². The van der Waals surface area contributed by atoms with Crippen LogP contribution < -0.4 is 11.0 Å². The average molecular weight is 447 g/mol. The first-order valence-electron chi connectivity index (χ1n) is 10.4. The SMILES string of the molecule is CCCCn1c(=NC(=O)c2c(F)cccc2F)c(C#N)cc2c(=O)n3cccc(C)c3nc21. The van der Waals surface area contributed by atoms with Crippen LogP contribution in [0, 0.1) is 29.9 Å². The Bertz CT molecular complexity index is 1580. The van der Waals surface area contributed by atoms with Gasteiger partial charge in [0.05, 0.1) is 10.9 Å². The van der Waals surface area contributed by atoms with E-state index in [-0.39, 0.29) is 27.6 Å². The number of aromatic nitrogens is 3. The summed E-state index contributed by atoms with van der Waals surface area (Å²) in [7, 11) is 0. The Kier molecular flexibility index (Phi) is 5.84. The number of pyridine rings is 2. The molecule has 7 nitrogen and oxygen atoms in total. The van der Waals surface area contributed by atoms with Crippen molar-refractivity contribution in [1.29, 1.82) is 5.26 Å². The number of carbonyl (C=O) groups excluding carboxylic acids is 1. The number of aryl methyl sites for hydroxylation is 2. The first-order valence-corrected chi connectivity index (χ1v) is 10.4. The van der Waals surface area contributed by atoms with Crippen LogP contribution in [0.25, 0.3) is 16.7 Å². The van der Waals surface area contributed by atoms with Gasteiger partial charge in [-0.15, -0.1) is 0 Å². The number of hydrogen-bond acceptors (Lipinski definition) is 4. The van der Waals surface area contributed by atoms with Crippen molar-refractivity contribution in [3.05, 3.63) is 86.8 Å². The van der Waals surface area contributed by atoms with Crippen molar-refractivity contribution >= 4 is 22.6 Å². The number of halogens is 2. The molecule has 1 amide bonds. The zero-order valence-electron chi connectivity index (χ0n) is 18.0. The second-order valence-electron chi connectivity index (χ2n) is 7.55. The average Bonchev–Trinajstić information content (AvgIpc) is 2.79. The number of rotatable bonds is 4. The van der Waals surface area contributed by atoms with E-state index in [1.54, 1.807) is 12.3 Å². The minimum absolute atomic E-state index is 0.0739. The second-order valence-corrected chi connectivity index (χ2v) is 7.55. The predicted octanol–water partition coefficient (Wildman–Crippen LogP) is 3.65. The Hall–Kier alpha value is -4.19. The van der Waals surface area contributed by atoms with Crippen molar-refractivity contribution in [3.8, 4) is 6.07 Å². The maximum absolute atomic E-state index is 14.2. The fourth-order valence-electron chi connectivity index (χ4n) is 3.67. The molecular formula is C24H19F2N5O2. The summed E-state index contributed by atoms with van der Waals surface area (Å²) in [6.45, 7) is 4.06. The Morgan fingerprint density at radius 3 is 2.58 bits per heavy atom. The van der Waals surface area contributed by atoms with Gasteiger partial charge in [0.25, 0.3) is 11.5 Å². The van der Waals surface area contributed by atoms with E-state index in [0.29, 0.717) is 18.6 Å². The second kappa shape index (κ2) is 8.74. The third-order valence-corrected chi connectivity index (χ3v) is 5.34. The molecule has 0 aliphatic heterocycles. The van der Waals surface area contributed by atoms with Gasteiger partial charge in [-0.05, 0) is 43.2 Å². The first kappa shape index (κ1) is 22.0. The number of fused-ring (bicyclic) bond motifs is 2. The number of nitrogens with zero attached hydrogens (tertiary/aromatic N) is 5. The molecule has 0 saturated carbocycles. The van der Waals surface area contributed by atoms with Gasteiger partial charge in [0.2, 0.25) is 0 Å². The molecule has 0 unspecified atom stereocenters. The van der Waals surface area contributed by atoms with E-state index in [9.17, 15) is 23.6 Å². The molecule has 0 atom stereocenters. The summed E-state index contributed by atoms with van der Waals surface area (Å²) >= 11 is 0. The van der Waals surface area contributed by atoms with Crippen molar-refractivity contribution in [1.82, 2.24) is 14.0 Å². The van der Waals surface area contributed by atoms with Crippen LogP contribution in [0.1, 0.15) is 41.3 Å². The molecular weight excluding hydrogens is 428 g/mol. The minimum Gasteiger partial charge on any atom is -0.309 e. The zero-order valence-corrected chi connectivity index (χ0v) is 18.0. The molecule has 0 aliphatic carbocycles. The van der Waals surface area contributed by atoms with E-state index in [2.05, 4.69) is 9.98 Å². The summed E-state index contributed by atoms with van der Waals surface area (Å²) in [6.07, 6.45) is 2.99. The van der Waals surface area contributed by atoms with Gasteiger partial charge in [-0.25, -0.2) is 13.8 Å². The minimum atomic E-state index is -1.17. The standard InChI is InChI=1S/C24H19F2N5O2/c1-3-4-10-30-21(29-23(32)19-17(25)8-5-9-18(19)26)15(13-27)12-16-22(30)28-20-14(2)7-6-11-31(20)24(16)33/h5-9,11-12H,3-4,10H2,1-2H3. The van der Waals surface area contributed by atoms with Crippen LogP contribution in [-0.4, -0.2) is 19.9 Å². The van der Waals surface area contributed by atoms with E-state index in [0.717, 1.165) is 30.2 Å². The van der Waals surface area contributed by atoms with E-state index in [4.69, 9.17) is 0 Å². The Morgan fingerprint density at radius 1 is 1.18 bits per heavy atom. The number of benzene rings is 1. The molecule has 0 saturated heterocycles. The van der Waals surface area contributed by atoms with Crippen LogP contribution in [0.2, 0.25) is 0 Å². The lowest BCUT2D eigenvalue weighted by Gasteiger charge is -2.14. The molecule has 0 spiro atoms. The third-order valence-electron chi connectivity index (χ3n) is 5.34. The summed E-state index contributed by atoms with van der Waals surface area (Å²) in [6, 6.07) is 9.85. The highest BCUT2D eigenvalue weighted by atomic mass is 19.1. The summed E-state index contributed by atoms with van der Waals surface area (Å²) in [5.41, 5.74) is 0.0473. The lowest BCUT2D eigenvalue weighted by Crippen LogP contribution is -2.30. The van der Waals surface area contributed by atoms with Gasteiger partial charge in [0.15, 0.2) is 5.49 Å². The van der Waals surface area contributed by atoms with Gasteiger partial charge in [-0.2, -0.15) is 10.3 Å². The van der Waals surface area contributed by atoms with E-state index < -0.39 is 23.1 Å². The van der Waals surface area contributed by atoms with Crippen molar-refractivity contribution in [2.75, 3.05) is 0 Å². The maximum Gasteiger partial charge on any atom is 0.284 e. The zero-order chi connectivity index (χ0) is 23.7. The Morgan fingerprint density at radius 2 is 1.91 bits per heavy atom. The molecule has 166 valence electrons. The fourth-order valence-corrected chi connectivity index (χ4v) is 3.67. The van der Waals surface area contributed by atoms with Crippen LogP contribution in [0.4, 0.5) is 8.78 Å². The summed E-state index contributed by atoms with van der Waals surface area (Å²) in [5.74, 6) is -3.28. The lowest BCUT2D eigenvalue weighted by atomic mass is 10.1. The van der Waals surface area contributed by atoms with E-state index in [1.165, 1.54) is 15.0 Å². The molecule has 0 radical (unpaired) electrons. The molecule has 0 N–H and O–H groups in total. The van der Waals surface area contributed by atoms with E-state index >= 15 is 0 Å². The molecule has 3 aromatic heterocycles. The maximum atomic E-state index is 14.2.